The molecule has 1 heterocycles. The van der Waals surface area contributed by atoms with Crippen molar-refractivity contribution in [1.29, 1.82) is 0 Å². The zero-order valence-corrected chi connectivity index (χ0v) is 18.2. The Morgan fingerprint density at radius 3 is 2.00 bits per heavy atom. The fourth-order valence-corrected chi connectivity index (χ4v) is 4.12. The number of thiocarbonyl (C=S) groups is 1. The van der Waals surface area contributed by atoms with Gasteiger partial charge in [-0.05, 0) is 42.0 Å². The number of carbonyl (C=O) groups is 1. The molecule has 12 heteroatoms. The fourth-order valence-electron chi connectivity index (χ4n) is 2.78. The first-order valence-corrected chi connectivity index (χ1v) is 10.3. The first-order chi connectivity index (χ1) is 15.4. The van der Waals surface area contributed by atoms with Crippen molar-refractivity contribution in [3.05, 3.63) is 71.3 Å². The van der Waals surface area contributed by atoms with Gasteiger partial charge in [0.25, 0.3) is 0 Å². The fraction of sp³-hybridized carbons (Fsp3) is 0.143. The molecule has 3 aromatic rings. The van der Waals surface area contributed by atoms with Gasteiger partial charge in [0.15, 0.2) is 5.11 Å². The van der Waals surface area contributed by atoms with Crippen molar-refractivity contribution >= 4 is 45.3 Å². The number of nitrogens with one attached hydrogen (secondary N) is 2. The summed E-state index contributed by atoms with van der Waals surface area (Å²) < 4.78 is 83.2. The van der Waals surface area contributed by atoms with Gasteiger partial charge >= 0.3 is 18.3 Å². The van der Waals surface area contributed by atoms with E-state index in [9.17, 15) is 31.1 Å². The summed E-state index contributed by atoms with van der Waals surface area (Å²) in [5.74, 6) is -0.697. The lowest BCUT2D eigenvalue weighted by molar-refractivity contribution is -0.143. The maximum Gasteiger partial charge on any atom is 0.416 e. The van der Waals surface area contributed by atoms with Crippen LogP contribution in [0.4, 0.5) is 37.0 Å². The summed E-state index contributed by atoms with van der Waals surface area (Å²) in [6.07, 6.45) is -9.99. The molecular formula is C21H14F6N2O2S2. The molecule has 0 spiro atoms. The summed E-state index contributed by atoms with van der Waals surface area (Å²) in [4.78, 5) is 12.8. The lowest BCUT2D eigenvalue weighted by Gasteiger charge is -2.16. The Balaban J connectivity index is 1.91. The van der Waals surface area contributed by atoms with Crippen LogP contribution in [-0.2, 0) is 17.1 Å². The molecule has 0 unspecified atom stereocenters. The van der Waals surface area contributed by atoms with Crippen LogP contribution in [0.5, 0.6) is 0 Å². The Morgan fingerprint density at radius 2 is 1.48 bits per heavy atom. The molecule has 0 fully saturated rings. The van der Waals surface area contributed by atoms with Crippen molar-refractivity contribution in [2.24, 2.45) is 0 Å². The van der Waals surface area contributed by atoms with Crippen LogP contribution >= 0.6 is 23.6 Å². The van der Waals surface area contributed by atoms with E-state index >= 15 is 0 Å². The molecule has 4 nitrogen and oxygen atoms in total. The molecule has 0 amide bonds. The highest BCUT2D eigenvalue weighted by molar-refractivity contribution is 7.80. The number of esters is 1. The van der Waals surface area contributed by atoms with Crippen LogP contribution in [-0.4, -0.2) is 18.2 Å². The molecule has 0 aliphatic rings. The first-order valence-electron chi connectivity index (χ1n) is 9.03. The molecule has 0 saturated carbocycles. The van der Waals surface area contributed by atoms with Crippen molar-refractivity contribution in [2.45, 2.75) is 12.4 Å². The highest BCUT2D eigenvalue weighted by Gasteiger charge is 2.37. The van der Waals surface area contributed by atoms with Crippen LogP contribution in [0.25, 0.3) is 10.4 Å². The minimum atomic E-state index is -5.00. The van der Waals surface area contributed by atoms with Crippen molar-refractivity contribution in [3.8, 4) is 10.4 Å². The molecule has 0 aliphatic carbocycles. The van der Waals surface area contributed by atoms with E-state index in [1.165, 1.54) is 7.11 Å². The number of ether oxygens (including phenoxy) is 1. The van der Waals surface area contributed by atoms with E-state index in [2.05, 4.69) is 10.6 Å². The quantitative estimate of drug-likeness (QED) is 0.227. The number of rotatable bonds is 4. The van der Waals surface area contributed by atoms with Crippen molar-refractivity contribution in [2.75, 3.05) is 17.7 Å². The van der Waals surface area contributed by atoms with E-state index < -0.39 is 35.1 Å². The molecule has 2 aromatic carbocycles. The monoisotopic (exact) mass is 504 g/mol. The Morgan fingerprint density at radius 1 is 0.909 bits per heavy atom. The normalized spacial score (nSPS) is 11.7. The number of hydrogen-bond donors (Lipinski definition) is 2. The largest absolute Gasteiger partial charge is 0.465 e. The van der Waals surface area contributed by atoms with E-state index in [0.29, 0.717) is 17.0 Å². The summed E-state index contributed by atoms with van der Waals surface area (Å²) in [6.45, 7) is 0. The Kier molecular flexibility index (Phi) is 6.98. The lowest BCUT2D eigenvalue weighted by Crippen LogP contribution is -2.21. The van der Waals surface area contributed by atoms with E-state index in [4.69, 9.17) is 17.0 Å². The van der Waals surface area contributed by atoms with Crippen LogP contribution in [0.3, 0.4) is 0 Å². The molecule has 0 aliphatic heterocycles. The third-order valence-corrected chi connectivity index (χ3v) is 5.57. The smallest absolute Gasteiger partial charge is 0.416 e. The van der Waals surface area contributed by atoms with Crippen LogP contribution < -0.4 is 10.6 Å². The first kappa shape index (κ1) is 24.5. The molecule has 0 saturated heterocycles. The molecule has 0 atom stereocenters. The molecule has 0 radical (unpaired) electrons. The zero-order chi connectivity index (χ0) is 24.4. The molecule has 0 bridgehead atoms. The van der Waals surface area contributed by atoms with Gasteiger partial charge in [0.1, 0.15) is 5.00 Å². The summed E-state index contributed by atoms with van der Waals surface area (Å²) in [5.41, 5.74) is -2.60. The van der Waals surface area contributed by atoms with Gasteiger partial charge in [-0.1, -0.05) is 30.3 Å². The topological polar surface area (TPSA) is 50.4 Å². The highest BCUT2D eigenvalue weighted by Crippen LogP contribution is 2.38. The molecular weight excluding hydrogens is 490 g/mol. The number of carbonyl (C=O) groups excluding carboxylic acids is 1. The number of methoxy groups -OCH3 is 1. The maximum absolute atomic E-state index is 13.1. The van der Waals surface area contributed by atoms with Crippen LogP contribution in [0, 0.1) is 0 Å². The second kappa shape index (κ2) is 9.40. The standard InChI is InChI=1S/C21H14F6N2O2S2/c1-31-18(30)15-10-16(11-5-3-2-4-6-11)33-17(15)29-19(32)28-14-8-12(20(22,23)24)7-13(9-14)21(25,26)27/h2-10H,1H3,(H2,28,29,32). The summed E-state index contributed by atoms with van der Waals surface area (Å²) in [7, 11) is 1.17. The minimum absolute atomic E-state index is 0.0163. The van der Waals surface area contributed by atoms with Crippen LogP contribution in [0.15, 0.2) is 54.6 Å². The van der Waals surface area contributed by atoms with Gasteiger partial charge in [0.2, 0.25) is 0 Å². The average Bonchev–Trinajstić information content (AvgIpc) is 3.16. The average molecular weight is 504 g/mol. The Hall–Kier alpha value is -3.12. The maximum atomic E-state index is 13.1. The molecule has 33 heavy (non-hydrogen) atoms. The molecule has 3 rings (SSSR count). The predicted octanol–water partition coefficient (Wildman–Crippen LogP) is 7.05. The SMILES string of the molecule is COC(=O)c1cc(-c2ccccc2)sc1NC(=S)Nc1cc(C(F)(F)F)cc(C(F)(F)F)c1. The van der Waals surface area contributed by atoms with E-state index in [1.807, 2.05) is 0 Å². The number of halogens is 6. The van der Waals surface area contributed by atoms with Gasteiger partial charge in [-0.2, -0.15) is 26.3 Å². The molecule has 2 N–H and O–H groups in total. The van der Waals surface area contributed by atoms with Crippen LogP contribution in [0.2, 0.25) is 0 Å². The second-order valence-corrected chi connectivity index (χ2v) is 8.05. The molecule has 174 valence electrons. The molecule has 1 aromatic heterocycles. The second-order valence-electron chi connectivity index (χ2n) is 6.58. The van der Waals surface area contributed by atoms with Gasteiger partial charge in [0, 0.05) is 10.6 Å². The summed E-state index contributed by atoms with van der Waals surface area (Å²) in [6, 6.07) is 11.6. The number of benzene rings is 2. The Bertz CT molecular complexity index is 1140. The zero-order valence-electron chi connectivity index (χ0n) is 16.6. The predicted molar refractivity (Wildman–Crippen MR) is 117 cm³/mol. The van der Waals surface area contributed by atoms with Crippen LogP contribution in [0.1, 0.15) is 21.5 Å². The van der Waals surface area contributed by atoms with Gasteiger partial charge < -0.3 is 15.4 Å². The van der Waals surface area contributed by atoms with E-state index in [0.717, 1.165) is 16.9 Å². The number of hydrogen-bond acceptors (Lipinski definition) is 4. The van der Waals surface area contributed by atoms with Crippen molar-refractivity contribution in [3.63, 3.8) is 0 Å². The van der Waals surface area contributed by atoms with Crippen molar-refractivity contribution in [1.82, 2.24) is 0 Å². The van der Waals surface area contributed by atoms with E-state index in [-0.39, 0.29) is 21.7 Å². The number of alkyl halides is 6. The third kappa shape index (κ3) is 6.02. The van der Waals surface area contributed by atoms with Gasteiger partial charge in [0.05, 0.1) is 23.8 Å². The lowest BCUT2D eigenvalue weighted by atomic mass is 10.1. The summed E-state index contributed by atoms with van der Waals surface area (Å²) >= 11 is 6.18. The van der Waals surface area contributed by atoms with Gasteiger partial charge in [-0.15, -0.1) is 11.3 Å². The highest BCUT2D eigenvalue weighted by atomic mass is 32.1. The number of thiophene rings is 1. The van der Waals surface area contributed by atoms with E-state index in [1.54, 1.807) is 36.4 Å². The minimum Gasteiger partial charge on any atom is -0.465 e. The summed E-state index contributed by atoms with van der Waals surface area (Å²) in [5, 5.41) is 4.88. The van der Waals surface area contributed by atoms with Gasteiger partial charge in [-0.3, -0.25) is 0 Å². The third-order valence-electron chi connectivity index (χ3n) is 4.27. The van der Waals surface area contributed by atoms with Gasteiger partial charge in [-0.25, -0.2) is 4.79 Å². The number of anilines is 2. The Labute approximate surface area is 193 Å². The van der Waals surface area contributed by atoms with Crippen molar-refractivity contribution < 1.29 is 35.9 Å².